The number of aryl methyl sites for hydroxylation is 1. The lowest BCUT2D eigenvalue weighted by molar-refractivity contribution is -0.136. The molecule has 3 aromatic rings. The maximum atomic E-state index is 12.5. The van der Waals surface area contributed by atoms with Crippen molar-refractivity contribution in [3.63, 3.8) is 0 Å². The molecule has 7 heteroatoms. The molecule has 6 nitrogen and oxygen atoms in total. The van der Waals surface area contributed by atoms with Gasteiger partial charge in [0.1, 0.15) is 5.82 Å². The summed E-state index contributed by atoms with van der Waals surface area (Å²) >= 11 is 6.17. The van der Waals surface area contributed by atoms with Crippen LogP contribution in [0.4, 0.5) is 0 Å². The van der Waals surface area contributed by atoms with Gasteiger partial charge in [-0.3, -0.25) is 4.79 Å². The number of imidazole rings is 1. The Morgan fingerprint density at radius 1 is 1.31 bits per heavy atom. The molecule has 3 unspecified atom stereocenters. The predicted molar refractivity (Wildman–Crippen MR) is 113 cm³/mol. The van der Waals surface area contributed by atoms with E-state index in [0.29, 0.717) is 12.5 Å². The zero-order valence-corrected chi connectivity index (χ0v) is 17.4. The van der Waals surface area contributed by atoms with Gasteiger partial charge in [0.05, 0.1) is 11.6 Å². The number of hydrogen-bond donors (Lipinski definition) is 1. The Kier molecular flexibility index (Phi) is 4.56. The number of likely N-dealkylation sites (tertiary alicyclic amines) is 1. The summed E-state index contributed by atoms with van der Waals surface area (Å²) in [7, 11) is 1.89. The molecule has 1 aromatic carbocycles. The molecule has 1 N–H and O–H groups in total. The van der Waals surface area contributed by atoms with E-state index in [2.05, 4.69) is 32.0 Å². The molecular formula is C22H24ClN5O. The molecular weight excluding hydrogens is 386 g/mol. The molecule has 2 aliphatic heterocycles. The van der Waals surface area contributed by atoms with Crippen LogP contribution in [0, 0.1) is 12.8 Å². The Morgan fingerprint density at radius 2 is 2.17 bits per heavy atom. The maximum Gasteiger partial charge on any atom is 0.239 e. The van der Waals surface area contributed by atoms with Gasteiger partial charge in [-0.2, -0.15) is 0 Å². The monoisotopic (exact) mass is 409 g/mol. The van der Waals surface area contributed by atoms with E-state index in [1.54, 1.807) is 0 Å². The quantitative estimate of drug-likeness (QED) is 0.722. The minimum Gasteiger partial charge on any atom is -0.344 e. The van der Waals surface area contributed by atoms with Crippen LogP contribution in [0.5, 0.6) is 0 Å². The summed E-state index contributed by atoms with van der Waals surface area (Å²) < 4.78 is 2.19. The van der Waals surface area contributed by atoms with Crippen LogP contribution < -0.4 is 5.32 Å². The standard InChI is InChI=1S/C22H24ClN5O/c1-13-26-21-19(28(13)11-14-4-3-5-16(23)8-14)9-15(10-25-21)18-12-27(2)22(29)20-17(18)6-7-24-20/h3-5,8-10,17-18,20,24H,6-7,11-12H2,1-2H3. The SMILES string of the molecule is Cc1nc2ncc(C3CN(C)C(=O)C4NCCC43)cc2n1Cc1cccc(Cl)c1. The topological polar surface area (TPSA) is 63.1 Å². The van der Waals surface area contributed by atoms with E-state index in [4.69, 9.17) is 11.6 Å². The van der Waals surface area contributed by atoms with E-state index >= 15 is 0 Å². The number of aromatic nitrogens is 3. The molecule has 2 aliphatic rings. The number of rotatable bonds is 3. The number of carbonyl (C=O) groups is 1. The Balaban J connectivity index is 1.54. The molecule has 2 aromatic heterocycles. The summed E-state index contributed by atoms with van der Waals surface area (Å²) in [6.07, 6.45) is 2.97. The fourth-order valence-corrected chi connectivity index (χ4v) is 5.11. The van der Waals surface area contributed by atoms with Gasteiger partial charge in [-0.1, -0.05) is 23.7 Å². The first-order valence-electron chi connectivity index (χ1n) is 10.1. The molecule has 0 bridgehead atoms. The molecule has 5 rings (SSSR count). The fraction of sp³-hybridized carbons (Fsp3) is 0.409. The Bertz CT molecular complexity index is 1090. The highest BCUT2D eigenvalue weighted by molar-refractivity contribution is 6.30. The smallest absolute Gasteiger partial charge is 0.239 e. The van der Waals surface area contributed by atoms with Gasteiger partial charge < -0.3 is 14.8 Å². The molecule has 2 fully saturated rings. The molecule has 0 radical (unpaired) electrons. The predicted octanol–water partition coefficient (Wildman–Crippen LogP) is 2.98. The van der Waals surface area contributed by atoms with E-state index in [9.17, 15) is 4.79 Å². The fourth-order valence-electron chi connectivity index (χ4n) is 4.89. The van der Waals surface area contributed by atoms with Crippen LogP contribution in [0.3, 0.4) is 0 Å². The summed E-state index contributed by atoms with van der Waals surface area (Å²) in [6.45, 7) is 4.34. The van der Waals surface area contributed by atoms with E-state index in [-0.39, 0.29) is 17.9 Å². The second-order valence-corrected chi connectivity index (χ2v) is 8.63. The average Bonchev–Trinajstić information content (AvgIpc) is 3.30. The molecule has 0 aliphatic carbocycles. The van der Waals surface area contributed by atoms with Crippen LogP contribution in [0.25, 0.3) is 11.2 Å². The van der Waals surface area contributed by atoms with Crippen molar-refractivity contribution >= 4 is 28.7 Å². The number of benzene rings is 1. The van der Waals surface area contributed by atoms with Crippen molar-refractivity contribution in [3.05, 3.63) is 58.5 Å². The number of hydrogen-bond acceptors (Lipinski definition) is 4. The first-order valence-corrected chi connectivity index (χ1v) is 10.4. The molecule has 2 saturated heterocycles. The molecule has 1 amide bonds. The highest BCUT2D eigenvalue weighted by Crippen LogP contribution is 2.38. The number of pyridine rings is 1. The second-order valence-electron chi connectivity index (χ2n) is 8.20. The molecule has 29 heavy (non-hydrogen) atoms. The summed E-state index contributed by atoms with van der Waals surface area (Å²) in [5, 5.41) is 4.12. The van der Waals surface area contributed by atoms with Crippen molar-refractivity contribution in [2.24, 2.45) is 5.92 Å². The molecule has 3 atom stereocenters. The van der Waals surface area contributed by atoms with E-state index in [1.165, 1.54) is 5.56 Å². The number of likely N-dealkylation sites (N-methyl/N-ethyl adjacent to an activating group) is 1. The number of fused-ring (bicyclic) bond motifs is 2. The van der Waals surface area contributed by atoms with Crippen LogP contribution in [0.1, 0.15) is 29.3 Å². The zero-order valence-electron chi connectivity index (χ0n) is 16.6. The first-order chi connectivity index (χ1) is 14.0. The van der Waals surface area contributed by atoms with Crippen LogP contribution in [-0.2, 0) is 11.3 Å². The van der Waals surface area contributed by atoms with E-state index in [1.807, 2.05) is 43.3 Å². The van der Waals surface area contributed by atoms with Crippen molar-refractivity contribution in [1.82, 2.24) is 24.8 Å². The van der Waals surface area contributed by atoms with Crippen LogP contribution in [0.2, 0.25) is 5.02 Å². The highest BCUT2D eigenvalue weighted by Gasteiger charge is 2.44. The third-order valence-electron chi connectivity index (χ3n) is 6.38. The number of halogens is 1. The van der Waals surface area contributed by atoms with Gasteiger partial charge in [0.25, 0.3) is 0 Å². The third kappa shape index (κ3) is 3.20. The number of piperidine rings is 1. The van der Waals surface area contributed by atoms with Gasteiger partial charge in [-0.05, 0) is 55.1 Å². The highest BCUT2D eigenvalue weighted by atomic mass is 35.5. The Labute approximate surface area is 174 Å². The van der Waals surface area contributed by atoms with Gasteiger partial charge in [-0.15, -0.1) is 0 Å². The van der Waals surface area contributed by atoms with E-state index < -0.39 is 0 Å². The van der Waals surface area contributed by atoms with Gasteiger partial charge in [0.2, 0.25) is 5.91 Å². The Morgan fingerprint density at radius 3 is 3.00 bits per heavy atom. The lowest BCUT2D eigenvalue weighted by Gasteiger charge is -2.38. The van der Waals surface area contributed by atoms with Gasteiger partial charge in [0, 0.05) is 37.3 Å². The minimum absolute atomic E-state index is 0.0763. The molecule has 0 saturated carbocycles. The Hall–Kier alpha value is -2.44. The first kappa shape index (κ1) is 18.6. The lowest BCUT2D eigenvalue weighted by Crippen LogP contribution is -2.52. The maximum absolute atomic E-state index is 12.5. The summed E-state index contributed by atoms with van der Waals surface area (Å²) in [6, 6.07) is 10.1. The van der Waals surface area contributed by atoms with Crippen LogP contribution >= 0.6 is 11.6 Å². The van der Waals surface area contributed by atoms with Crippen molar-refractivity contribution in [1.29, 1.82) is 0 Å². The normalized spacial score (nSPS) is 24.3. The molecule has 4 heterocycles. The second kappa shape index (κ2) is 7.11. The summed E-state index contributed by atoms with van der Waals surface area (Å²) in [5.74, 6) is 1.74. The van der Waals surface area contributed by atoms with Crippen molar-refractivity contribution in [3.8, 4) is 0 Å². The molecule has 150 valence electrons. The minimum atomic E-state index is -0.0763. The molecule has 0 spiro atoms. The van der Waals surface area contributed by atoms with Crippen molar-refractivity contribution in [2.75, 3.05) is 20.1 Å². The van der Waals surface area contributed by atoms with Gasteiger partial charge >= 0.3 is 0 Å². The van der Waals surface area contributed by atoms with Crippen LogP contribution in [0.15, 0.2) is 36.5 Å². The largest absolute Gasteiger partial charge is 0.344 e. The van der Waals surface area contributed by atoms with E-state index in [0.717, 1.165) is 47.1 Å². The average molecular weight is 410 g/mol. The summed E-state index contributed by atoms with van der Waals surface area (Å²) in [5.41, 5.74) is 4.10. The zero-order chi connectivity index (χ0) is 20.1. The number of nitrogens with one attached hydrogen (secondary N) is 1. The summed E-state index contributed by atoms with van der Waals surface area (Å²) in [4.78, 5) is 23.7. The van der Waals surface area contributed by atoms with Gasteiger partial charge in [0.15, 0.2) is 5.65 Å². The number of carbonyl (C=O) groups excluding carboxylic acids is 1. The number of amides is 1. The lowest BCUT2D eigenvalue weighted by atomic mass is 9.78. The van der Waals surface area contributed by atoms with Crippen molar-refractivity contribution in [2.45, 2.75) is 31.8 Å². The van der Waals surface area contributed by atoms with Crippen LogP contribution in [-0.4, -0.2) is 51.5 Å². The van der Waals surface area contributed by atoms with Crippen molar-refractivity contribution < 1.29 is 4.79 Å². The third-order valence-corrected chi connectivity index (χ3v) is 6.61. The number of nitrogens with zero attached hydrogens (tertiary/aromatic N) is 4. The van der Waals surface area contributed by atoms with Gasteiger partial charge in [-0.25, -0.2) is 9.97 Å².